The zero-order chi connectivity index (χ0) is 12.1. The van der Waals surface area contributed by atoms with Crippen molar-refractivity contribution in [2.45, 2.75) is 39.2 Å². The minimum absolute atomic E-state index is 0.378. The fourth-order valence-electron chi connectivity index (χ4n) is 2.07. The highest BCUT2D eigenvalue weighted by molar-refractivity contribution is 7.11. The summed E-state index contributed by atoms with van der Waals surface area (Å²) in [6.45, 7) is 7.33. The average molecular weight is 254 g/mol. The molecule has 1 saturated heterocycles. The smallest absolute Gasteiger partial charge is 0.109 e. The molecule has 1 aliphatic rings. The molecule has 2 rings (SSSR count). The van der Waals surface area contributed by atoms with Gasteiger partial charge in [0.2, 0.25) is 0 Å². The monoisotopic (exact) mass is 254 g/mol. The summed E-state index contributed by atoms with van der Waals surface area (Å²) in [5.41, 5.74) is 0. The molecule has 0 radical (unpaired) electrons. The average Bonchev–Trinajstić information content (AvgIpc) is 2.86. The third kappa shape index (κ3) is 3.76. The first-order valence-corrected chi connectivity index (χ1v) is 7.37. The van der Waals surface area contributed by atoms with Gasteiger partial charge in [-0.15, -0.1) is 11.3 Å². The van der Waals surface area contributed by atoms with Crippen molar-refractivity contribution in [1.82, 2.24) is 10.3 Å². The lowest BCUT2D eigenvalue weighted by Crippen LogP contribution is -2.29. The molecule has 0 spiro atoms. The van der Waals surface area contributed by atoms with Gasteiger partial charge in [-0.05, 0) is 38.6 Å². The van der Waals surface area contributed by atoms with Crippen molar-refractivity contribution in [3.63, 3.8) is 0 Å². The van der Waals surface area contributed by atoms with E-state index in [9.17, 15) is 0 Å². The van der Waals surface area contributed by atoms with Gasteiger partial charge in [-0.3, -0.25) is 0 Å². The fourth-order valence-corrected chi connectivity index (χ4v) is 2.95. The Morgan fingerprint density at radius 3 is 2.94 bits per heavy atom. The van der Waals surface area contributed by atoms with Crippen molar-refractivity contribution in [3.05, 3.63) is 16.1 Å². The maximum atomic E-state index is 5.37. The normalized spacial score (nSPS) is 19.4. The van der Waals surface area contributed by atoms with Gasteiger partial charge < -0.3 is 10.1 Å². The van der Waals surface area contributed by atoms with Gasteiger partial charge in [0, 0.05) is 24.3 Å². The van der Waals surface area contributed by atoms with Gasteiger partial charge >= 0.3 is 0 Å². The summed E-state index contributed by atoms with van der Waals surface area (Å²) in [5.74, 6) is 0.775. The summed E-state index contributed by atoms with van der Waals surface area (Å²) in [7, 11) is 0. The number of hydrogen-bond acceptors (Lipinski definition) is 4. The number of aryl methyl sites for hydroxylation is 1. The van der Waals surface area contributed by atoms with Crippen LogP contribution in [0.5, 0.6) is 0 Å². The highest BCUT2D eigenvalue weighted by atomic mass is 32.1. The number of hydrogen-bond donors (Lipinski definition) is 1. The lowest BCUT2D eigenvalue weighted by Gasteiger charge is -2.23. The molecule has 96 valence electrons. The van der Waals surface area contributed by atoms with Crippen LogP contribution in [0.2, 0.25) is 0 Å². The molecular formula is C13H22N2OS. The Kier molecular flexibility index (Phi) is 4.95. The molecule has 3 nitrogen and oxygen atoms in total. The number of ether oxygens (including phenoxy) is 1. The van der Waals surface area contributed by atoms with Gasteiger partial charge in [0.25, 0.3) is 0 Å². The maximum absolute atomic E-state index is 5.37. The highest BCUT2D eigenvalue weighted by Gasteiger charge is 2.16. The molecule has 1 fully saturated rings. The number of nitrogens with zero attached hydrogens (tertiary/aromatic N) is 1. The lowest BCUT2D eigenvalue weighted by molar-refractivity contribution is 0.0656. The summed E-state index contributed by atoms with van der Waals surface area (Å²) < 4.78 is 5.37. The van der Waals surface area contributed by atoms with Crippen molar-refractivity contribution in [3.8, 4) is 0 Å². The lowest BCUT2D eigenvalue weighted by atomic mass is 10.0. The van der Waals surface area contributed by atoms with E-state index in [1.165, 1.54) is 22.7 Å². The van der Waals surface area contributed by atoms with Crippen LogP contribution in [0.15, 0.2) is 6.20 Å². The molecule has 1 unspecified atom stereocenters. The van der Waals surface area contributed by atoms with E-state index in [0.29, 0.717) is 6.04 Å². The molecule has 1 atom stereocenters. The van der Waals surface area contributed by atoms with E-state index in [1.54, 1.807) is 0 Å². The van der Waals surface area contributed by atoms with Crippen molar-refractivity contribution >= 4 is 11.3 Å². The molecule has 2 heterocycles. The van der Waals surface area contributed by atoms with Crippen LogP contribution >= 0.6 is 11.3 Å². The van der Waals surface area contributed by atoms with Crippen LogP contribution in [0.4, 0.5) is 0 Å². The van der Waals surface area contributed by atoms with Gasteiger partial charge in [0.05, 0.1) is 6.04 Å². The second-order valence-electron chi connectivity index (χ2n) is 4.70. The third-order valence-electron chi connectivity index (χ3n) is 3.34. The number of nitrogens with one attached hydrogen (secondary N) is 1. The van der Waals surface area contributed by atoms with Crippen molar-refractivity contribution in [1.29, 1.82) is 0 Å². The van der Waals surface area contributed by atoms with Gasteiger partial charge in [0.15, 0.2) is 0 Å². The molecule has 1 aromatic rings. The summed E-state index contributed by atoms with van der Waals surface area (Å²) in [6, 6.07) is 0.378. The van der Waals surface area contributed by atoms with Gasteiger partial charge in [0.1, 0.15) is 5.01 Å². The summed E-state index contributed by atoms with van der Waals surface area (Å²) in [6.07, 6.45) is 5.48. The SMILES string of the molecule is CCc1cnc(C(C)NCC2CCOCC2)s1. The fraction of sp³-hybridized carbons (Fsp3) is 0.769. The van der Waals surface area contributed by atoms with Gasteiger partial charge in [-0.25, -0.2) is 4.98 Å². The zero-order valence-corrected chi connectivity index (χ0v) is 11.6. The van der Waals surface area contributed by atoms with Gasteiger partial charge in [-0.1, -0.05) is 6.92 Å². The van der Waals surface area contributed by atoms with E-state index in [1.807, 2.05) is 17.5 Å². The first-order valence-electron chi connectivity index (χ1n) is 6.55. The number of aromatic nitrogens is 1. The van der Waals surface area contributed by atoms with E-state index >= 15 is 0 Å². The molecule has 1 aliphatic heterocycles. The Balaban J connectivity index is 1.77. The Labute approximate surface area is 108 Å². The third-order valence-corrected chi connectivity index (χ3v) is 4.67. The molecule has 0 bridgehead atoms. The summed E-state index contributed by atoms with van der Waals surface area (Å²) >= 11 is 1.83. The molecule has 17 heavy (non-hydrogen) atoms. The first kappa shape index (κ1) is 13.0. The minimum atomic E-state index is 0.378. The molecule has 0 aromatic carbocycles. The second-order valence-corrected chi connectivity index (χ2v) is 5.85. The quantitative estimate of drug-likeness (QED) is 0.877. The zero-order valence-electron chi connectivity index (χ0n) is 10.7. The van der Waals surface area contributed by atoms with Crippen LogP contribution in [0.1, 0.15) is 42.6 Å². The van der Waals surface area contributed by atoms with E-state index < -0.39 is 0 Å². The van der Waals surface area contributed by atoms with Crippen molar-refractivity contribution in [2.24, 2.45) is 5.92 Å². The number of thiazole rings is 1. The number of rotatable bonds is 5. The molecule has 0 saturated carbocycles. The maximum Gasteiger partial charge on any atom is 0.109 e. The van der Waals surface area contributed by atoms with Crippen LogP contribution in [0.25, 0.3) is 0 Å². The minimum Gasteiger partial charge on any atom is -0.381 e. The molecule has 4 heteroatoms. The second kappa shape index (κ2) is 6.47. The van der Waals surface area contributed by atoms with Crippen LogP contribution < -0.4 is 5.32 Å². The van der Waals surface area contributed by atoms with Crippen LogP contribution in [-0.4, -0.2) is 24.7 Å². The summed E-state index contributed by atoms with van der Waals surface area (Å²) in [5, 5.41) is 4.81. The Morgan fingerprint density at radius 1 is 1.53 bits per heavy atom. The molecule has 0 aliphatic carbocycles. The first-order chi connectivity index (χ1) is 8.29. The van der Waals surface area contributed by atoms with Crippen LogP contribution in [-0.2, 0) is 11.2 Å². The van der Waals surface area contributed by atoms with E-state index in [-0.39, 0.29) is 0 Å². The van der Waals surface area contributed by atoms with Crippen molar-refractivity contribution < 1.29 is 4.74 Å². The molecule has 0 amide bonds. The molecular weight excluding hydrogens is 232 g/mol. The van der Waals surface area contributed by atoms with Crippen molar-refractivity contribution in [2.75, 3.05) is 19.8 Å². The van der Waals surface area contributed by atoms with Crippen LogP contribution in [0, 0.1) is 5.92 Å². The topological polar surface area (TPSA) is 34.2 Å². The van der Waals surface area contributed by atoms with Gasteiger partial charge in [-0.2, -0.15) is 0 Å². The Morgan fingerprint density at radius 2 is 2.29 bits per heavy atom. The standard InChI is InChI=1S/C13H22N2OS/c1-3-12-9-15-13(17-12)10(2)14-8-11-4-6-16-7-5-11/h9-11,14H,3-8H2,1-2H3. The summed E-state index contributed by atoms with van der Waals surface area (Å²) in [4.78, 5) is 5.86. The van der Waals surface area contributed by atoms with E-state index in [2.05, 4.69) is 24.1 Å². The Hall–Kier alpha value is -0.450. The molecule has 1 aromatic heterocycles. The predicted molar refractivity (Wildman–Crippen MR) is 71.5 cm³/mol. The van der Waals surface area contributed by atoms with Crippen LogP contribution in [0.3, 0.4) is 0 Å². The van der Waals surface area contributed by atoms with E-state index in [0.717, 1.165) is 32.1 Å². The Bertz CT molecular complexity index is 334. The predicted octanol–water partition coefficient (Wildman–Crippen LogP) is 2.78. The largest absolute Gasteiger partial charge is 0.381 e. The molecule has 1 N–H and O–H groups in total. The van der Waals surface area contributed by atoms with E-state index in [4.69, 9.17) is 4.74 Å². The highest BCUT2D eigenvalue weighted by Crippen LogP contribution is 2.21.